The van der Waals surface area contributed by atoms with Crippen LogP contribution in [0.5, 0.6) is 0 Å². The first-order valence-electron chi connectivity index (χ1n) is 6.26. The maximum Gasteiger partial charge on any atom is 0.303 e. The van der Waals surface area contributed by atoms with Crippen LogP contribution in [-0.4, -0.2) is 31.3 Å². The van der Waals surface area contributed by atoms with E-state index in [0.717, 1.165) is 12.0 Å². The average molecular weight is 283 g/mol. The van der Waals surface area contributed by atoms with Crippen LogP contribution in [0.3, 0.4) is 0 Å². The topological polar surface area (TPSA) is 83.5 Å². The smallest absolute Gasteiger partial charge is 0.303 e. The summed E-state index contributed by atoms with van der Waals surface area (Å²) in [6.45, 7) is 1.97. The Labute approximate surface area is 112 Å². The summed E-state index contributed by atoms with van der Waals surface area (Å²) in [7, 11) is -3.33. The fraction of sp³-hybridized carbons (Fsp3) is 0.462. The number of sulfone groups is 1. The lowest BCUT2D eigenvalue weighted by Crippen LogP contribution is -2.34. The van der Waals surface area contributed by atoms with Crippen molar-refractivity contribution in [2.24, 2.45) is 0 Å². The van der Waals surface area contributed by atoms with Crippen LogP contribution in [-0.2, 0) is 21.1 Å². The molecule has 1 aromatic rings. The maximum absolute atomic E-state index is 12.2. The van der Waals surface area contributed by atoms with Crippen LogP contribution in [0.25, 0.3) is 0 Å². The quantitative estimate of drug-likeness (QED) is 0.878. The Bertz CT molecular complexity index is 595. The maximum atomic E-state index is 12.2. The summed E-state index contributed by atoms with van der Waals surface area (Å²) in [5.41, 5.74) is 1.56. The van der Waals surface area contributed by atoms with Gasteiger partial charge in [0.25, 0.3) is 0 Å². The van der Waals surface area contributed by atoms with Gasteiger partial charge in [-0.2, -0.15) is 0 Å². The predicted molar refractivity (Wildman–Crippen MR) is 72.2 cm³/mol. The number of carboxylic acids is 1. The Morgan fingerprint density at radius 1 is 1.47 bits per heavy atom. The molecule has 0 spiro atoms. The molecular weight excluding hydrogens is 266 g/mol. The van der Waals surface area contributed by atoms with E-state index in [9.17, 15) is 13.2 Å². The number of benzene rings is 1. The summed E-state index contributed by atoms with van der Waals surface area (Å²) in [5, 5.41) is 11.8. The monoisotopic (exact) mass is 283 g/mol. The Balaban J connectivity index is 2.27. The third kappa shape index (κ3) is 3.07. The Morgan fingerprint density at radius 2 is 2.21 bits per heavy atom. The second kappa shape index (κ2) is 5.21. The first-order valence-corrected chi connectivity index (χ1v) is 7.91. The van der Waals surface area contributed by atoms with Crippen LogP contribution < -0.4 is 5.32 Å². The predicted octanol–water partition coefficient (Wildman–Crippen LogP) is 1.68. The summed E-state index contributed by atoms with van der Waals surface area (Å²) in [6.07, 6.45) is 1.06. The van der Waals surface area contributed by atoms with Crippen LogP contribution in [0, 0.1) is 0 Å². The van der Waals surface area contributed by atoms with Crippen molar-refractivity contribution in [1.82, 2.24) is 0 Å². The molecule has 0 amide bonds. The van der Waals surface area contributed by atoms with Gasteiger partial charge >= 0.3 is 5.97 Å². The highest BCUT2D eigenvalue weighted by molar-refractivity contribution is 7.91. The summed E-state index contributed by atoms with van der Waals surface area (Å²) >= 11 is 0. The fourth-order valence-corrected chi connectivity index (χ4v) is 3.98. The number of hydrogen-bond acceptors (Lipinski definition) is 4. The molecule has 19 heavy (non-hydrogen) atoms. The third-order valence-electron chi connectivity index (χ3n) is 3.28. The van der Waals surface area contributed by atoms with E-state index in [1.807, 2.05) is 13.0 Å². The number of rotatable bonds is 4. The normalized spacial score (nSPS) is 20.4. The van der Waals surface area contributed by atoms with Gasteiger partial charge in [-0.15, -0.1) is 0 Å². The summed E-state index contributed by atoms with van der Waals surface area (Å²) in [5.74, 6) is -0.952. The Morgan fingerprint density at radius 3 is 2.84 bits per heavy atom. The number of carboxylic acid groups (broad SMARTS) is 1. The van der Waals surface area contributed by atoms with Crippen LogP contribution in [0.2, 0.25) is 0 Å². The Hall–Kier alpha value is -1.56. The molecule has 0 fully saturated rings. The molecule has 0 radical (unpaired) electrons. The average Bonchev–Trinajstić information content (AvgIpc) is 2.35. The molecule has 1 atom stereocenters. The lowest BCUT2D eigenvalue weighted by Gasteiger charge is -2.27. The second-order valence-corrected chi connectivity index (χ2v) is 6.74. The fourth-order valence-electron chi connectivity index (χ4n) is 2.23. The van der Waals surface area contributed by atoms with Gasteiger partial charge in [0.15, 0.2) is 9.84 Å². The standard InChI is InChI=1S/C13H17NO4S/c1-2-9-3-5-11-12(7-9)19(17,18)8-10(14-11)4-6-13(15)16/h3,5,7,10,14H,2,4,6,8H2,1H3,(H,15,16). The van der Waals surface area contributed by atoms with E-state index in [2.05, 4.69) is 5.32 Å². The van der Waals surface area contributed by atoms with E-state index >= 15 is 0 Å². The number of carbonyl (C=O) groups is 1. The van der Waals surface area contributed by atoms with E-state index in [0.29, 0.717) is 17.0 Å². The molecule has 5 nitrogen and oxygen atoms in total. The number of hydrogen-bond donors (Lipinski definition) is 2. The van der Waals surface area contributed by atoms with Crippen LogP contribution >= 0.6 is 0 Å². The molecular formula is C13H17NO4S. The van der Waals surface area contributed by atoms with Gasteiger partial charge in [-0.25, -0.2) is 8.42 Å². The molecule has 2 N–H and O–H groups in total. The van der Waals surface area contributed by atoms with Gasteiger partial charge in [-0.1, -0.05) is 13.0 Å². The van der Waals surface area contributed by atoms with Gasteiger partial charge in [0, 0.05) is 12.5 Å². The van der Waals surface area contributed by atoms with Crippen molar-refractivity contribution in [2.45, 2.75) is 37.1 Å². The van der Waals surface area contributed by atoms with E-state index in [1.54, 1.807) is 12.1 Å². The molecule has 1 aromatic carbocycles. The van der Waals surface area contributed by atoms with Crippen molar-refractivity contribution in [3.63, 3.8) is 0 Å². The van der Waals surface area contributed by atoms with Crippen molar-refractivity contribution in [1.29, 1.82) is 0 Å². The van der Waals surface area contributed by atoms with Gasteiger partial charge < -0.3 is 10.4 Å². The van der Waals surface area contributed by atoms with Crippen LogP contribution in [0.1, 0.15) is 25.3 Å². The molecule has 1 unspecified atom stereocenters. The lowest BCUT2D eigenvalue weighted by molar-refractivity contribution is -0.137. The van der Waals surface area contributed by atoms with Crippen molar-refractivity contribution >= 4 is 21.5 Å². The van der Waals surface area contributed by atoms with E-state index in [4.69, 9.17) is 5.11 Å². The van der Waals surface area contributed by atoms with Gasteiger partial charge in [-0.05, 0) is 30.5 Å². The number of aliphatic carboxylic acids is 1. The van der Waals surface area contributed by atoms with Crippen molar-refractivity contribution in [2.75, 3.05) is 11.1 Å². The van der Waals surface area contributed by atoms with Crippen LogP contribution in [0.4, 0.5) is 5.69 Å². The van der Waals surface area contributed by atoms with Crippen LogP contribution in [0.15, 0.2) is 23.1 Å². The molecule has 1 aliphatic rings. The lowest BCUT2D eigenvalue weighted by atomic mass is 10.1. The first kappa shape index (κ1) is 13.9. The van der Waals surface area contributed by atoms with Gasteiger partial charge in [0.1, 0.15) is 0 Å². The molecule has 0 saturated carbocycles. The van der Waals surface area contributed by atoms with Gasteiger partial charge in [-0.3, -0.25) is 4.79 Å². The van der Waals surface area contributed by atoms with E-state index in [1.165, 1.54) is 0 Å². The minimum atomic E-state index is -3.33. The summed E-state index contributed by atoms with van der Waals surface area (Å²) < 4.78 is 24.4. The first-order chi connectivity index (χ1) is 8.92. The van der Waals surface area contributed by atoms with E-state index in [-0.39, 0.29) is 18.2 Å². The molecule has 0 bridgehead atoms. The molecule has 1 aliphatic heterocycles. The van der Waals surface area contributed by atoms with Crippen molar-refractivity contribution in [3.05, 3.63) is 23.8 Å². The molecule has 0 saturated heterocycles. The summed E-state index contributed by atoms with van der Waals surface area (Å²) in [4.78, 5) is 10.9. The molecule has 2 rings (SSSR count). The van der Waals surface area contributed by atoms with Crippen molar-refractivity contribution < 1.29 is 18.3 Å². The number of aryl methyl sites for hydroxylation is 1. The number of fused-ring (bicyclic) bond motifs is 1. The molecule has 6 heteroatoms. The highest BCUT2D eigenvalue weighted by atomic mass is 32.2. The largest absolute Gasteiger partial charge is 0.481 e. The van der Waals surface area contributed by atoms with E-state index < -0.39 is 15.8 Å². The van der Waals surface area contributed by atoms with Crippen molar-refractivity contribution in [3.8, 4) is 0 Å². The highest BCUT2D eigenvalue weighted by Crippen LogP contribution is 2.30. The summed E-state index contributed by atoms with van der Waals surface area (Å²) in [6, 6.07) is 5.02. The molecule has 0 aliphatic carbocycles. The second-order valence-electron chi connectivity index (χ2n) is 4.74. The highest BCUT2D eigenvalue weighted by Gasteiger charge is 2.30. The third-order valence-corrected chi connectivity index (χ3v) is 5.13. The zero-order chi connectivity index (χ0) is 14.0. The molecule has 1 heterocycles. The molecule has 104 valence electrons. The van der Waals surface area contributed by atoms with Gasteiger partial charge in [0.2, 0.25) is 0 Å². The molecule has 0 aromatic heterocycles. The minimum Gasteiger partial charge on any atom is -0.481 e. The minimum absolute atomic E-state index is 0.0322. The number of nitrogens with one attached hydrogen (secondary N) is 1. The SMILES string of the molecule is CCc1ccc2c(c1)S(=O)(=O)CC(CCC(=O)O)N2. The zero-order valence-corrected chi connectivity index (χ0v) is 11.5. The zero-order valence-electron chi connectivity index (χ0n) is 10.7. The number of anilines is 1. The Kier molecular flexibility index (Phi) is 3.80. The van der Waals surface area contributed by atoms with Gasteiger partial charge in [0.05, 0.1) is 16.3 Å².